The Kier molecular flexibility index (Phi) is 6.39. The van der Waals surface area contributed by atoms with Gasteiger partial charge in [0.2, 0.25) is 5.95 Å². The number of hydrogen-bond acceptors (Lipinski definition) is 6. The first kappa shape index (κ1) is 19.4. The van der Waals surface area contributed by atoms with E-state index in [1.54, 1.807) is 7.11 Å². The van der Waals surface area contributed by atoms with Crippen LogP contribution in [0.1, 0.15) is 26.2 Å². The van der Waals surface area contributed by atoms with Crippen LogP contribution in [0.4, 0.5) is 11.8 Å². The van der Waals surface area contributed by atoms with Crippen LogP contribution in [0.3, 0.4) is 0 Å². The lowest BCUT2D eigenvalue weighted by atomic mass is 10.0. The molecule has 0 radical (unpaired) electrons. The molecule has 7 heteroatoms. The summed E-state index contributed by atoms with van der Waals surface area (Å²) < 4.78 is 6.56. The average molecular weight is 469 g/mol. The first-order valence-electron chi connectivity index (χ1n) is 9.23. The van der Waals surface area contributed by atoms with E-state index in [0.29, 0.717) is 6.04 Å². The molecule has 26 heavy (non-hydrogen) atoms. The van der Waals surface area contributed by atoms with Crippen molar-refractivity contribution in [2.75, 3.05) is 51.1 Å². The molecule has 0 bridgehead atoms. The number of nitrogens with zero attached hydrogens (tertiary/aromatic N) is 4. The van der Waals surface area contributed by atoms with Crippen molar-refractivity contribution in [1.82, 2.24) is 14.9 Å². The van der Waals surface area contributed by atoms with Crippen LogP contribution in [0.15, 0.2) is 12.1 Å². The lowest BCUT2D eigenvalue weighted by Crippen LogP contribution is -2.39. The Morgan fingerprint density at radius 1 is 1.27 bits per heavy atom. The third-order valence-electron chi connectivity index (χ3n) is 4.83. The van der Waals surface area contributed by atoms with Gasteiger partial charge in [0.1, 0.15) is 11.6 Å². The summed E-state index contributed by atoms with van der Waals surface area (Å²) in [5, 5.41) is 4.71. The maximum absolute atomic E-state index is 5.51. The molecule has 1 aliphatic heterocycles. The van der Waals surface area contributed by atoms with Gasteiger partial charge in [0, 0.05) is 38.6 Å². The number of likely N-dealkylation sites (tertiary alicyclic amines) is 1. The zero-order valence-electron chi connectivity index (χ0n) is 16.0. The summed E-state index contributed by atoms with van der Waals surface area (Å²) in [7, 11) is 5.65. The van der Waals surface area contributed by atoms with Gasteiger partial charge in [-0.05, 0) is 60.5 Å². The molecule has 1 N–H and O–H groups in total. The highest BCUT2D eigenvalue weighted by Crippen LogP contribution is 2.32. The molecule has 1 aromatic carbocycles. The average Bonchev–Trinajstić information content (AvgIpc) is 2.62. The topological polar surface area (TPSA) is 53.5 Å². The molecule has 0 atom stereocenters. The van der Waals surface area contributed by atoms with E-state index in [1.807, 2.05) is 25.1 Å². The predicted molar refractivity (Wildman–Crippen MR) is 117 cm³/mol. The summed E-state index contributed by atoms with van der Waals surface area (Å²) in [5.41, 5.74) is 0.944. The minimum atomic E-state index is 0.446. The van der Waals surface area contributed by atoms with Crippen molar-refractivity contribution >= 4 is 45.3 Å². The molecular weight excluding hydrogens is 441 g/mol. The van der Waals surface area contributed by atoms with Gasteiger partial charge >= 0.3 is 0 Å². The van der Waals surface area contributed by atoms with Gasteiger partial charge in [-0.3, -0.25) is 0 Å². The molecule has 1 aliphatic rings. The summed E-state index contributed by atoms with van der Waals surface area (Å²) in [6.07, 6.45) is 3.51. The summed E-state index contributed by atoms with van der Waals surface area (Å²) in [4.78, 5) is 14.0. The van der Waals surface area contributed by atoms with Crippen LogP contribution in [-0.2, 0) is 0 Å². The second-order valence-electron chi connectivity index (χ2n) is 7.03. The van der Waals surface area contributed by atoms with Crippen LogP contribution in [0.5, 0.6) is 5.75 Å². The quantitative estimate of drug-likeness (QED) is 0.653. The number of methoxy groups -OCH3 is 1. The molecule has 142 valence electrons. The molecule has 2 aromatic rings. The van der Waals surface area contributed by atoms with E-state index < -0.39 is 0 Å². The van der Waals surface area contributed by atoms with Crippen molar-refractivity contribution in [3.8, 4) is 5.75 Å². The number of ether oxygens (including phenoxy) is 1. The van der Waals surface area contributed by atoms with Crippen LogP contribution in [0, 0.1) is 3.57 Å². The van der Waals surface area contributed by atoms with E-state index in [9.17, 15) is 0 Å². The molecule has 1 aromatic heterocycles. The summed E-state index contributed by atoms with van der Waals surface area (Å²) in [6.45, 7) is 5.74. The number of fused-ring (bicyclic) bond motifs is 1. The van der Waals surface area contributed by atoms with E-state index in [1.165, 1.54) is 13.0 Å². The maximum atomic E-state index is 5.51. The Labute approximate surface area is 169 Å². The minimum Gasteiger partial charge on any atom is -0.496 e. The van der Waals surface area contributed by atoms with Crippen molar-refractivity contribution in [2.24, 2.45) is 0 Å². The Morgan fingerprint density at radius 3 is 2.62 bits per heavy atom. The molecule has 0 saturated carbocycles. The highest BCUT2D eigenvalue weighted by molar-refractivity contribution is 14.1. The fraction of sp³-hybridized carbons (Fsp3) is 0.579. The number of nitrogens with one attached hydrogen (secondary N) is 1. The third kappa shape index (κ3) is 4.31. The second kappa shape index (κ2) is 8.56. The monoisotopic (exact) mass is 469 g/mol. The van der Waals surface area contributed by atoms with Gasteiger partial charge in [-0.1, -0.05) is 6.92 Å². The maximum Gasteiger partial charge on any atom is 0.227 e. The number of anilines is 2. The number of aromatic nitrogens is 2. The van der Waals surface area contributed by atoms with E-state index in [0.717, 1.165) is 57.9 Å². The normalized spacial score (nSPS) is 16.0. The molecule has 0 spiro atoms. The third-order valence-corrected chi connectivity index (χ3v) is 5.67. The first-order valence-corrected chi connectivity index (χ1v) is 10.3. The first-order chi connectivity index (χ1) is 12.5. The van der Waals surface area contributed by atoms with Crippen molar-refractivity contribution in [2.45, 2.75) is 32.2 Å². The van der Waals surface area contributed by atoms with Crippen LogP contribution in [-0.4, -0.2) is 61.7 Å². The van der Waals surface area contributed by atoms with E-state index in [-0.39, 0.29) is 0 Å². The van der Waals surface area contributed by atoms with Crippen molar-refractivity contribution in [3.63, 3.8) is 0 Å². The van der Waals surface area contributed by atoms with Gasteiger partial charge in [0.15, 0.2) is 0 Å². The largest absolute Gasteiger partial charge is 0.496 e. The zero-order valence-corrected chi connectivity index (χ0v) is 18.2. The van der Waals surface area contributed by atoms with Crippen molar-refractivity contribution in [1.29, 1.82) is 0 Å². The fourth-order valence-electron chi connectivity index (χ4n) is 3.39. The van der Waals surface area contributed by atoms with Gasteiger partial charge in [0.05, 0.1) is 16.2 Å². The van der Waals surface area contributed by atoms with E-state index >= 15 is 0 Å². The molecule has 6 nitrogen and oxygen atoms in total. The molecule has 3 rings (SSSR count). The number of piperidine rings is 1. The standard InChI is InChI=1S/C19H28IN5O/c1-5-8-25-9-6-13(7-10-25)21-18-14-11-17(26-4)15(20)12-16(14)22-19(23-18)24(2)3/h11-13H,5-10H2,1-4H3,(H,21,22,23). The molecule has 2 heterocycles. The zero-order chi connectivity index (χ0) is 18.7. The Hall–Kier alpha value is -1.35. The van der Waals surface area contributed by atoms with Gasteiger partial charge in [-0.2, -0.15) is 4.98 Å². The summed E-state index contributed by atoms with van der Waals surface area (Å²) >= 11 is 2.29. The smallest absolute Gasteiger partial charge is 0.227 e. The van der Waals surface area contributed by atoms with Gasteiger partial charge in [-0.15, -0.1) is 0 Å². The Balaban J connectivity index is 1.90. The highest BCUT2D eigenvalue weighted by atomic mass is 127. The summed E-state index contributed by atoms with van der Waals surface area (Å²) in [6, 6.07) is 4.56. The highest BCUT2D eigenvalue weighted by Gasteiger charge is 2.21. The molecule has 0 amide bonds. The van der Waals surface area contributed by atoms with Crippen molar-refractivity contribution < 1.29 is 4.74 Å². The molecule has 0 aliphatic carbocycles. The predicted octanol–water partition coefficient (Wildman–Crippen LogP) is 3.60. The van der Waals surface area contributed by atoms with Crippen LogP contribution in [0.2, 0.25) is 0 Å². The number of halogens is 1. The Morgan fingerprint density at radius 2 is 2.00 bits per heavy atom. The SMILES string of the molecule is CCCN1CCC(Nc2nc(N(C)C)nc3cc(I)c(OC)cc23)CC1. The number of hydrogen-bond donors (Lipinski definition) is 1. The molecule has 0 unspecified atom stereocenters. The van der Waals surface area contributed by atoms with E-state index in [4.69, 9.17) is 14.7 Å². The Bertz CT molecular complexity index is 759. The van der Waals surface area contributed by atoms with Crippen LogP contribution < -0.4 is 15.0 Å². The number of rotatable bonds is 6. The van der Waals surface area contributed by atoms with Crippen LogP contribution >= 0.6 is 22.6 Å². The minimum absolute atomic E-state index is 0.446. The number of benzene rings is 1. The molecule has 1 saturated heterocycles. The second-order valence-corrected chi connectivity index (χ2v) is 8.19. The van der Waals surface area contributed by atoms with Gasteiger partial charge < -0.3 is 19.9 Å². The fourth-order valence-corrected chi connectivity index (χ4v) is 4.07. The molecule has 1 fully saturated rings. The lowest BCUT2D eigenvalue weighted by Gasteiger charge is -2.32. The van der Waals surface area contributed by atoms with Crippen molar-refractivity contribution in [3.05, 3.63) is 15.7 Å². The van der Waals surface area contributed by atoms with Crippen LogP contribution in [0.25, 0.3) is 10.9 Å². The summed E-state index contributed by atoms with van der Waals surface area (Å²) in [5.74, 6) is 2.49. The molecular formula is C19H28IN5O. The van der Waals surface area contributed by atoms with Gasteiger partial charge in [0.25, 0.3) is 0 Å². The van der Waals surface area contributed by atoms with E-state index in [2.05, 4.69) is 45.8 Å². The van der Waals surface area contributed by atoms with Gasteiger partial charge in [-0.25, -0.2) is 4.98 Å². The lowest BCUT2D eigenvalue weighted by molar-refractivity contribution is 0.219.